The Morgan fingerprint density at radius 2 is 1.92 bits per heavy atom. The maximum Gasteiger partial charge on any atom is 0.226 e. The molecule has 1 unspecified atom stereocenters. The summed E-state index contributed by atoms with van der Waals surface area (Å²) < 4.78 is 0. The van der Waals surface area contributed by atoms with Crippen LogP contribution in [0.25, 0.3) is 0 Å². The zero-order chi connectivity index (χ0) is 16.7. The van der Waals surface area contributed by atoms with Gasteiger partial charge in [-0.1, -0.05) is 17.7 Å². The number of piperidine rings is 1. The van der Waals surface area contributed by atoms with Crippen LogP contribution in [0.15, 0.2) is 18.2 Å². The molecule has 1 spiro atoms. The number of anilines is 1. The average molecular weight is 348 g/mol. The van der Waals surface area contributed by atoms with E-state index in [-0.39, 0.29) is 0 Å². The molecule has 1 N–H and O–H groups in total. The predicted molar refractivity (Wildman–Crippen MR) is 97.6 cm³/mol. The molecule has 1 atom stereocenters. The van der Waals surface area contributed by atoms with Crippen molar-refractivity contribution in [3.63, 3.8) is 0 Å². The van der Waals surface area contributed by atoms with E-state index in [1.165, 1.54) is 24.1 Å². The van der Waals surface area contributed by atoms with Crippen LogP contribution in [0.2, 0.25) is 5.02 Å². The molecular formula is C19H26ClN3O. The zero-order valence-corrected chi connectivity index (χ0v) is 15.1. The first kappa shape index (κ1) is 16.2. The number of nitrogens with zero attached hydrogens (tertiary/aromatic N) is 2. The molecule has 1 aromatic rings. The molecule has 4 rings (SSSR count). The summed E-state index contributed by atoms with van der Waals surface area (Å²) in [6, 6.07) is 6.05. The second-order valence-electron chi connectivity index (χ2n) is 7.61. The lowest BCUT2D eigenvalue weighted by Gasteiger charge is -2.37. The van der Waals surface area contributed by atoms with E-state index in [9.17, 15) is 4.79 Å². The van der Waals surface area contributed by atoms with E-state index in [1.54, 1.807) is 0 Å². The number of carbonyl (C=O) groups excluding carboxylic acids is 1. The van der Waals surface area contributed by atoms with Crippen molar-refractivity contribution in [2.75, 3.05) is 44.2 Å². The van der Waals surface area contributed by atoms with Crippen LogP contribution in [0.4, 0.5) is 5.69 Å². The normalized spacial score (nSPS) is 25.8. The number of hydrogen-bond acceptors (Lipinski definition) is 3. The summed E-state index contributed by atoms with van der Waals surface area (Å²) in [4.78, 5) is 17.3. The quantitative estimate of drug-likeness (QED) is 0.893. The Balaban J connectivity index is 1.36. The van der Waals surface area contributed by atoms with E-state index >= 15 is 0 Å². The fraction of sp³-hybridized carbons (Fsp3) is 0.632. The fourth-order valence-electron chi connectivity index (χ4n) is 4.49. The molecule has 3 fully saturated rings. The molecule has 0 bridgehead atoms. The molecule has 1 amide bonds. The highest BCUT2D eigenvalue weighted by Gasteiger charge is 2.58. The van der Waals surface area contributed by atoms with Gasteiger partial charge in [-0.25, -0.2) is 0 Å². The standard InChI is InChI=1S/C19H26ClN3O/c1-14-2-3-15(20)12-17(14)22-8-10-23(11-9-22)18(24)16-13-19(16)4-6-21-7-5-19/h2-3,12,16,21H,4-11,13H2,1H3. The molecule has 2 saturated heterocycles. The van der Waals surface area contributed by atoms with Crippen LogP contribution in [0.5, 0.6) is 0 Å². The molecule has 4 nitrogen and oxygen atoms in total. The molecule has 3 aliphatic rings. The summed E-state index contributed by atoms with van der Waals surface area (Å²) >= 11 is 6.15. The van der Waals surface area contributed by atoms with Gasteiger partial charge in [0.2, 0.25) is 5.91 Å². The predicted octanol–water partition coefficient (Wildman–Crippen LogP) is 2.69. The van der Waals surface area contributed by atoms with Gasteiger partial charge in [-0.15, -0.1) is 0 Å². The maximum atomic E-state index is 12.9. The number of rotatable bonds is 2. The Bertz CT molecular complexity index is 633. The van der Waals surface area contributed by atoms with Crippen molar-refractivity contribution >= 4 is 23.2 Å². The van der Waals surface area contributed by atoms with Crippen molar-refractivity contribution < 1.29 is 4.79 Å². The first-order valence-electron chi connectivity index (χ1n) is 9.10. The van der Waals surface area contributed by atoms with Crippen molar-refractivity contribution in [1.29, 1.82) is 0 Å². The second-order valence-corrected chi connectivity index (χ2v) is 8.05. The Hall–Kier alpha value is -1.26. The zero-order valence-electron chi connectivity index (χ0n) is 14.4. The first-order valence-corrected chi connectivity index (χ1v) is 9.47. The van der Waals surface area contributed by atoms with Crippen molar-refractivity contribution in [2.45, 2.75) is 26.2 Å². The van der Waals surface area contributed by atoms with Gasteiger partial charge in [-0.3, -0.25) is 4.79 Å². The lowest BCUT2D eigenvalue weighted by atomic mass is 9.91. The third-order valence-electron chi connectivity index (χ3n) is 6.19. The second kappa shape index (κ2) is 6.23. The van der Waals surface area contributed by atoms with E-state index < -0.39 is 0 Å². The van der Waals surface area contributed by atoms with Crippen molar-refractivity contribution in [1.82, 2.24) is 10.2 Å². The maximum absolute atomic E-state index is 12.9. The topological polar surface area (TPSA) is 35.6 Å². The largest absolute Gasteiger partial charge is 0.368 e. The Morgan fingerprint density at radius 3 is 2.62 bits per heavy atom. The van der Waals surface area contributed by atoms with E-state index in [0.29, 0.717) is 17.2 Å². The van der Waals surface area contributed by atoms with Gasteiger partial charge in [0.25, 0.3) is 0 Å². The Morgan fingerprint density at radius 1 is 1.21 bits per heavy atom. The Labute approximate surface area is 149 Å². The van der Waals surface area contributed by atoms with Gasteiger partial charge >= 0.3 is 0 Å². The van der Waals surface area contributed by atoms with Gasteiger partial charge < -0.3 is 15.1 Å². The number of halogens is 1. The van der Waals surface area contributed by atoms with Crippen LogP contribution in [-0.2, 0) is 4.79 Å². The van der Waals surface area contributed by atoms with Gasteiger partial charge in [0, 0.05) is 42.8 Å². The lowest BCUT2D eigenvalue weighted by Crippen LogP contribution is -2.50. The van der Waals surface area contributed by atoms with Crippen LogP contribution in [0, 0.1) is 18.3 Å². The number of amides is 1. The summed E-state index contributed by atoms with van der Waals surface area (Å²) in [5.41, 5.74) is 2.79. The minimum Gasteiger partial charge on any atom is -0.368 e. The van der Waals surface area contributed by atoms with Gasteiger partial charge in [0.1, 0.15) is 0 Å². The number of carbonyl (C=O) groups is 1. The summed E-state index contributed by atoms with van der Waals surface area (Å²) in [6.45, 7) is 7.72. The average Bonchev–Trinajstić information content (AvgIpc) is 3.30. The molecular weight excluding hydrogens is 322 g/mol. The summed E-state index contributed by atoms with van der Waals surface area (Å²) in [7, 11) is 0. The number of hydrogen-bond donors (Lipinski definition) is 1. The summed E-state index contributed by atoms with van der Waals surface area (Å²) in [6.07, 6.45) is 3.46. The highest BCUT2D eigenvalue weighted by Crippen LogP contribution is 2.59. The van der Waals surface area contributed by atoms with E-state index in [4.69, 9.17) is 11.6 Å². The molecule has 1 aromatic carbocycles. The third-order valence-corrected chi connectivity index (χ3v) is 6.43. The summed E-state index contributed by atoms with van der Waals surface area (Å²) in [5.74, 6) is 0.693. The van der Waals surface area contributed by atoms with E-state index in [2.05, 4.69) is 28.1 Å². The lowest BCUT2D eigenvalue weighted by molar-refractivity contribution is -0.133. The monoisotopic (exact) mass is 347 g/mol. The highest BCUT2D eigenvalue weighted by atomic mass is 35.5. The fourth-order valence-corrected chi connectivity index (χ4v) is 4.65. The summed E-state index contributed by atoms with van der Waals surface area (Å²) in [5, 5.41) is 4.19. The molecule has 2 aliphatic heterocycles. The minimum absolute atomic E-state index is 0.291. The number of nitrogens with one attached hydrogen (secondary N) is 1. The molecule has 0 aromatic heterocycles. The van der Waals surface area contributed by atoms with Crippen LogP contribution >= 0.6 is 11.6 Å². The highest BCUT2D eigenvalue weighted by molar-refractivity contribution is 6.30. The van der Waals surface area contributed by atoms with Gasteiger partial charge in [-0.05, 0) is 62.4 Å². The van der Waals surface area contributed by atoms with E-state index in [1.807, 2.05) is 12.1 Å². The molecule has 130 valence electrons. The first-order chi connectivity index (χ1) is 11.6. The van der Waals surface area contributed by atoms with Crippen LogP contribution in [0.3, 0.4) is 0 Å². The number of piperazine rings is 1. The van der Waals surface area contributed by atoms with Crippen LogP contribution in [-0.4, -0.2) is 50.1 Å². The molecule has 1 aliphatic carbocycles. The van der Waals surface area contributed by atoms with E-state index in [0.717, 1.165) is 50.7 Å². The molecule has 0 radical (unpaired) electrons. The number of benzene rings is 1. The smallest absolute Gasteiger partial charge is 0.226 e. The molecule has 1 saturated carbocycles. The number of aryl methyl sites for hydroxylation is 1. The molecule has 2 heterocycles. The van der Waals surface area contributed by atoms with Crippen LogP contribution < -0.4 is 10.2 Å². The van der Waals surface area contributed by atoms with Gasteiger partial charge in [0.15, 0.2) is 0 Å². The SMILES string of the molecule is Cc1ccc(Cl)cc1N1CCN(C(=O)C2CC23CCNCC3)CC1. The minimum atomic E-state index is 0.291. The molecule has 24 heavy (non-hydrogen) atoms. The van der Waals surface area contributed by atoms with Crippen molar-refractivity contribution in [3.8, 4) is 0 Å². The third kappa shape index (κ3) is 2.91. The Kier molecular flexibility index (Phi) is 4.21. The van der Waals surface area contributed by atoms with Gasteiger partial charge in [0.05, 0.1) is 0 Å². The van der Waals surface area contributed by atoms with Crippen LogP contribution in [0.1, 0.15) is 24.8 Å². The molecule has 5 heteroatoms. The van der Waals surface area contributed by atoms with Crippen molar-refractivity contribution in [3.05, 3.63) is 28.8 Å². The van der Waals surface area contributed by atoms with Crippen molar-refractivity contribution in [2.24, 2.45) is 11.3 Å². The van der Waals surface area contributed by atoms with Gasteiger partial charge in [-0.2, -0.15) is 0 Å².